The molecule has 1 aliphatic heterocycles. The maximum absolute atomic E-state index is 12.8. The van der Waals surface area contributed by atoms with Crippen molar-refractivity contribution in [1.82, 2.24) is 0 Å². The second-order valence-electron chi connectivity index (χ2n) is 5.89. The standard InChI is InChI=1S/C16H18N2O5S3/c1-9-2-3-12(24-9)15(20)18-16-11(14(17)19)8-13(25-16)26(21,22)10-4-6-23-7-5-10/h2-3,8,10H,4-7H2,1H3,(H2,17,19)(H,18,20). The Labute approximate surface area is 159 Å². The van der Waals surface area contributed by atoms with Crippen molar-refractivity contribution in [2.75, 3.05) is 18.5 Å². The third-order valence-corrected chi connectivity index (χ3v) is 8.87. The number of hydrogen-bond acceptors (Lipinski definition) is 7. The number of amides is 2. The first kappa shape index (κ1) is 19.0. The highest BCUT2D eigenvalue weighted by atomic mass is 32.2. The summed E-state index contributed by atoms with van der Waals surface area (Å²) in [5.74, 6) is -1.19. The third-order valence-electron chi connectivity index (χ3n) is 4.05. The molecule has 10 heteroatoms. The van der Waals surface area contributed by atoms with Crippen molar-refractivity contribution >= 4 is 49.3 Å². The van der Waals surface area contributed by atoms with Crippen LogP contribution in [0.3, 0.4) is 0 Å². The monoisotopic (exact) mass is 414 g/mol. The summed E-state index contributed by atoms with van der Waals surface area (Å²) < 4.78 is 30.9. The van der Waals surface area contributed by atoms with Gasteiger partial charge in [-0.3, -0.25) is 9.59 Å². The zero-order chi connectivity index (χ0) is 18.9. The van der Waals surface area contributed by atoms with Gasteiger partial charge < -0.3 is 15.8 Å². The number of ether oxygens (including phenoxy) is 1. The molecule has 0 saturated carbocycles. The van der Waals surface area contributed by atoms with Crippen LogP contribution in [0.1, 0.15) is 37.7 Å². The van der Waals surface area contributed by atoms with Crippen LogP contribution in [-0.2, 0) is 14.6 Å². The molecule has 1 aliphatic rings. The van der Waals surface area contributed by atoms with Crippen LogP contribution in [-0.4, -0.2) is 38.7 Å². The van der Waals surface area contributed by atoms with Crippen molar-refractivity contribution in [2.45, 2.75) is 29.2 Å². The lowest BCUT2D eigenvalue weighted by molar-refractivity contribution is 0.0983. The van der Waals surface area contributed by atoms with E-state index in [9.17, 15) is 18.0 Å². The van der Waals surface area contributed by atoms with E-state index in [-0.39, 0.29) is 14.8 Å². The van der Waals surface area contributed by atoms with E-state index < -0.39 is 26.9 Å². The van der Waals surface area contributed by atoms with Crippen LogP contribution in [0.15, 0.2) is 22.4 Å². The van der Waals surface area contributed by atoms with E-state index in [2.05, 4.69) is 5.32 Å². The predicted molar refractivity (Wildman–Crippen MR) is 101 cm³/mol. The van der Waals surface area contributed by atoms with Crippen LogP contribution in [0, 0.1) is 6.92 Å². The quantitative estimate of drug-likeness (QED) is 0.779. The van der Waals surface area contributed by atoms with Crippen molar-refractivity contribution in [3.63, 3.8) is 0 Å². The molecule has 7 nitrogen and oxygen atoms in total. The van der Waals surface area contributed by atoms with E-state index in [4.69, 9.17) is 10.5 Å². The van der Waals surface area contributed by atoms with Crippen LogP contribution in [0.2, 0.25) is 0 Å². The van der Waals surface area contributed by atoms with Gasteiger partial charge in [-0.1, -0.05) is 0 Å². The van der Waals surface area contributed by atoms with Gasteiger partial charge in [0.15, 0.2) is 9.84 Å². The minimum absolute atomic E-state index is 0.00209. The van der Waals surface area contributed by atoms with Gasteiger partial charge in [0.2, 0.25) is 0 Å². The highest BCUT2D eigenvalue weighted by Gasteiger charge is 2.32. The molecule has 26 heavy (non-hydrogen) atoms. The van der Waals surface area contributed by atoms with Gasteiger partial charge in [0.25, 0.3) is 11.8 Å². The SMILES string of the molecule is Cc1ccc(C(=O)Nc2sc(S(=O)(=O)C3CCOCC3)cc2C(N)=O)s1. The smallest absolute Gasteiger partial charge is 0.266 e. The van der Waals surface area contributed by atoms with Gasteiger partial charge in [-0.05, 0) is 38.0 Å². The number of aryl methyl sites for hydroxylation is 1. The summed E-state index contributed by atoms with van der Waals surface area (Å²) in [6.45, 7) is 2.65. The molecular formula is C16H18N2O5S3. The zero-order valence-electron chi connectivity index (χ0n) is 14.0. The molecule has 0 radical (unpaired) electrons. The Balaban J connectivity index is 1.91. The number of carbonyl (C=O) groups is 2. The molecule has 140 valence electrons. The minimum Gasteiger partial charge on any atom is -0.381 e. The van der Waals surface area contributed by atoms with E-state index in [0.717, 1.165) is 16.2 Å². The molecule has 0 atom stereocenters. The Morgan fingerprint density at radius 2 is 1.92 bits per heavy atom. The van der Waals surface area contributed by atoms with E-state index in [1.54, 1.807) is 6.07 Å². The molecule has 1 saturated heterocycles. The average Bonchev–Trinajstić information content (AvgIpc) is 3.22. The molecule has 0 aromatic carbocycles. The first-order valence-electron chi connectivity index (χ1n) is 7.92. The van der Waals surface area contributed by atoms with Gasteiger partial charge >= 0.3 is 0 Å². The third kappa shape index (κ3) is 3.83. The summed E-state index contributed by atoms with van der Waals surface area (Å²) in [6, 6.07) is 4.74. The molecule has 0 bridgehead atoms. The fourth-order valence-corrected chi connectivity index (χ4v) is 6.76. The lowest BCUT2D eigenvalue weighted by Gasteiger charge is -2.21. The van der Waals surface area contributed by atoms with Gasteiger partial charge in [0, 0.05) is 18.1 Å². The number of hydrogen-bond donors (Lipinski definition) is 2. The fourth-order valence-electron chi connectivity index (χ4n) is 2.66. The van der Waals surface area contributed by atoms with Gasteiger partial charge in [-0.15, -0.1) is 22.7 Å². The van der Waals surface area contributed by atoms with E-state index >= 15 is 0 Å². The number of thiophene rings is 2. The molecule has 0 unspecified atom stereocenters. The van der Waals surface area contributed by atoms with Crippen LogP contribution in [0.5, 0.6) is 0 Å². The topological polar surface area (TPSA) is 116 Å². The summed E-state index contributed by atoms with van der Waals surface area (Å²) in [7, 11) is -3.61. The van der Waals surface area contributed by atoms with Gasteiger partial charge in [0.05, 0.1) is 15.7 Å². The summed E-state index contributed by atoms with van der Waals surface area (Å²) in [5, 5.41) is 2.21. The average molecular weight is 415 g/mol. The number of nitrogens with two attached hydrogens (primary N) is 1. The normalized spacial score (nSPS) is 15.7. The highest BCUT2D eigenvalue weighted by molar-refractivity contribution is 7.94. The molecule has 2 amide bonds. The first-order valence-corrected chi connectivity index (χ1v) is 11.1. The Morgan fingerprint density at radius 1 is 1.23 bits per heavy atom. The number of carbonyl (C=O) groups excluding carboxylic acids is 2. The summed E-state index contributed by atoms with van der Waals surface area (Å²) in [6.07, 6.45) is 0.810. The molecule has 1 fully saturated rings. The molecule has 0 aliphatic carbocycles. The first-order chi connectivity index (χ1) is 12.3. The Kier molecular flexibility index (Phi) is 5.47. The van der Waals surface area contributed by atoms with Crippen LogP contribution >= 0.6 is 22.7 Å². The van der Waals surface area contributed by atoms with Crippen molar-refractivity contribution in [3.05, 3.63) is 33.5 Å². The Morgan fingerprint density at radius 3 is 2.50 bits per heavy atom. The number of rotatable bonds is 5. The largest absolute Gasteiger partial charge is 0.381 e. The van der Waals surface area contributed by atoms with Crippen molar-refractivity contribution in [3.8, 4) is 0 Å². The Bertz CT molecular complexity index is 939. The minimum atomic E-state index is -3.61. The zero-order valence-corrected chi connectivity index (χ0v) is 16.4. The second-order valence-corrected chi connectivity index (χ2v) is 10.7. The van der Waals surface area contributed by atoms with Crippen LogP contribution in [0.4, 0.5) is 5.00 Å². The number of anilines is 1. The van der Waals surface area contributed by atoms with Crippen molar-refractivity contribution in [2.24, 2.45) is 5.73 Å². The van der Waals surface area contributed by atoms with E-state index in [0.29, 0.717) is 30.9 Å². The summed E-state index contributed by atoms with van der Waals surface area (Å²) in [4.78, 5) is 25.5. The lowest BCUT2D eigenvalue weighted by Crippen LogP contribution is -2.28. The van der Waals surface area contributed by atoms with Crippen LogP contribution in [0.25, 0.3) is 0 Å². The van der Waals surface area contributed by atoms with Crippen molar-refractivity contribution < 1.29 is 22.7 Å². The fraction of sp³-hybridized carbons (Fsp3) is 0.375. The molecule has 2 aromatic rings. The number of sulfone groups is 1. The lowest BCUT2D eigenvalue weighted by atomic mass is 10.2. The summed E-state index contributed by atoms with van der Waals surface area (Å²) in [5.41, 5.74) is 5.37. The van der Waals surface area contributed by atoms with Gasteiger partial charge in [-0.2, -0.15) is 0 Å². The molecule has 2 aromatic heterocycles. The highest BCUT2D eigenvalue weighted by Crippen LogP contribution is 2.35. The molecule has 0 spiro atoms. The maximum atomic E-state index is 12.8. The molecular weight excluding hydrogens is 396 g/mol. The Hall–Kier alpha value is -1.75. The molecule has 3 heterocycles. The maximum Gasteiger partial charge on any atom is 0.266 e. The summed E-state index contributed by atoms with van der Waals surface area (Å²) >= 11 is 2.17. The van der Waals surface area contributed by atoms with Gasteiger partial charge in [-0.25, -0.2) is 8.42 Å². The van der Waals surface area contributed by atoms with Crippen molar-refractivity contribution in [1.29, 1.82) is 0 Å². The van der Waals surface area contributed by atoms with Crippen LogP contribution < -0.4 is 11.1 Å². The predicted octanol–water partition coefficient (Wildman–Crippen LogP) is 2.42. The second kappa shape index (κ2) is 7.47. The number of nitrogens with one attached hydrogen (secondary N) is 1. The molecule has 3 rings (SSSR count). The number of primary amides is 1. The van der Waals surface area contributed by atoms with Gasteiger partial charge in [0.1, 0.15) is 9.21 Å². The van der Waals surface area contributed by atoms with E-state index in [1.165, 1.54) is 17.4 Å². The van der Waals surface area contributed by atoms with E-state index in [1.807, 2.05) is 13.0 Å². The molecule has 3 N–H and O–H groups in total.